The highest BCUT2D eigenvalue weighted by Crippen LogP contribution is 2.40. The van der Waals surface area contributed by atoms with Crippen molar-refractivity contribution in [1.82, 2.24) is 0 Å². The number of ether oxygens (including phenoxy) is 2. The monoisotopic (exact) mass is 278 g/mol. The molecule has 1 heterocycles. The Morgan fingerprint density at radius 3 is 2.30 bits per heavy atom. The van der Waals surface area contributed by atoms with Crippen LogP contribution in [0.2, 0.25) is 0 Å². The molecule has 0 aromatic carbocycles. The average molecular weight is 278 g/mol. The molecule has 1 aliphatic carbocycles. The van der Waals surface area contributed by atoms with Crippen LogP contribution in [-0.4, -0.2) is 25.2 Å². The minimum atomic E-state index is -0.699. The molecule has 1 fully saturated rings. The Morgan fingerprint density at radius 2 is 1.80 bits per heavy atom. The van der Waals surface area contributed by atoms with Gasteiger partial charge in [0.15, 0.2) is 0 Å². The highest BCUT2D eigenvalue weighted by molar-refractivity contribution is 6.17. The fourth-order valence-electron chi connectivity index (χ4n) is 1.79. The van der Waals surface area contributed by atoms with E-state index in [0.717, 1.165) is 18.6 Å². The van der Waals surface area contributed by atoms with Crippen molar-refractivity contribution >= 4 is 18.0 Å². The lowest BCUT2D eigenvalue weighted by atomic mass is 10.2. The summed E-state index contributed by atoms with van der Waals surface area (Å²) in [6.07, 6.45) is 3.63. The van der Waals surface area contributed by atoms with Gasteiger partial charge in [0.1, 0.15) is 17.1 Å². The molecule has 0 unspecified atom stereocenters. The molecular formula is C15H18O5. The molecule has 1 aromatic heterocycles. The summed E-state index contributed by atoms with van der Waals surface area (Å²) in [5.41, 5.74) is -0.148. The fourth-order valence-corrected chi connectivity index (χ4v) is 1.79. The van der Waals surface area contributed by atoms with Crippen molar-refractivity contribution in [3.63, 3.8) is 0 Å². The highest BCUT2D eigenvalue weighted by Gasteiger charge is 2.27. The van der Waals surface area contributed by atoms with E-state index in [1.165, 1.54) is 6.08 Å². The lowest BCUT2D eigenvalue weighted by Crippen LogP contribution is -2.18. The summed E-state index contributed by atoms with van der Waals surface area (Å²) in [6, 6.07) is 3.61. The first kappa shape index (κ1) is 14.4. The quantitative estimate of drug-likeness (QED) is 0.346. The van der Waals surface area contributed by atoms with Crippen LogP contribution in [0.15, 0.2) is 22.1 Å². The van der Waals surface area contributed by atoms with Gasteiger partial charge in [-0.1, -0.05) is 0 Å². The molecule has 5 nitrogen and oxygen atoms in total. The average Bonchev–Trinajstić information content (AvgIpc) is 3.16. The molecule has 0 bridgehead atoms. The summed E-state index contributed by atoms with van der Waals surface area (Å²) >= 11 is 0. The summed E-state index contributed by atoms with van der Waals surface area (Å²) in [4.78, 5) is 23.6. The third kappa shape index (κ3) is 3.50. The third-order valence-corrected chi connectivity index (χ3v) is 2.90. The van der Waals surface area contributed by atoms with Crippen LogP contribution in [0.25, 0.3) is 6.08 Å². The Balaban J connectivity index is 2.20. The molecule has 0 aliphatic heterocycles. The maximum atomic E-state index is 11.8. The van der Waals surface area contributed by atoms with Crippen LogP contribution in [0.5, 0.6) is 0 Å². The van der Waals surface area contributed by atoms with Crippen LogP contribution in [-0.2, 0) is 19.1 Å². The zero-order chi connectivity index (χ0) is 14.5. The first-order chi connectivity index (χ1) is 9.65. The first-order valence-corrected chi connectivity index (χ1v) is 6.81. The standard InChI is InChI=1S/C15H18O5/c1-3-18-14(16)12(15(17)19-4-2)9-11-7-8-13(20-11)10-5-6-10/h7-10H,3-6H2,1-2H3. The predicted molar refractivity (Wildman–Crippen MR) is 71.9 cm³/mol. The fraction of sp³-hybridized carbons (Fsp3) is 0.467. The van der Waals surface area contributed by atoms with Gasteiger partial charge in [-0.3, -0.25) is 0 Å². The van der Waals surface area contributed by atoms with Gasteiger partial charge >= 0.3 is 11.9 Å². The Labute approximate surface area is 117 Å². The predicted octanol–water partition coefficient (Wildman–Crippen LogP) is 2.67. The molecular weight excluding hydrogens is 260 g/mol. The molecule has 0 N–H and O–H groups in total. The summed E-state index contributed by atoms with van der Waals surface area (Å²) in [6.45, 7) is 3.75. The molecule has 0 atom stereocenters. The van der Waals surface area contributed by atoms with Crippen molar-refractivity contribution in [1.29, 1.82) is 0 Å². The van der Waals surface area contributed by atoms with Gasteiger partial charge in [-0.15, -0.1) is 0 Å². The van der Waals surface area contributed by atoms with Crippen molar-refractivity contribution in [3.8, 4) is 0 Å². The van der Waals surface area contributed by atoms with E-state index in [2.05, 4.69) is 0 Å². The molecule has 1 aromatic rings. The Morgan fingerprint density at radius 1 is 1.20 bits per heavy atom. The smallest absolute Gasteiger partial charge is 0.345 e. The lowest BCUT2D eigenvalue weighted by molar-refractivity contribution is -0.146. The number of hydrogen-bond acceptors (Lipinski definition) is 5. The number of carbonyl (C=O) groups is 2. The van der Waals surface area contributed by atoms with Gasteiger partial charge in [0.05, 0.1) is 13.2 Å². The topological polar surface area (TPSA) is 65.7 Å². The van der Waals surface area contributed by atoms with Crippen LogP contribution in [0.1, 0.15) is 44.1 Å². The van der Waals surface area contributed by atoms with Gasteiger partial charge in [0, 0.05) is 12.0 Å². The minimum absolute atomic E-state index is 0.148. The van der Waals surface area contributed by atoms with E-state index >= 15 is 0 Å². The molecule has 1 saturated carbocycles. The van der Waals surface area contributed by atoms with Gasteiger partial charge in [0.2, 0.25) is 0 Å². The third-order valence-electron chi connectivity index (χ3n) is 2.90. The van der Waals surface area contributed by atoms with Crippen LogP contribution < -0.4 is 0 Å². The number of rotatable bonds is 6. The normalized spacial score (nSPS) is 13.7. The molecule has 20 heavy (non-hydrogen) atoms. The second-order valence-electron chi connectivity index (χ2n) is 4.51. The minimum Gasteiger partial charge on any atom is -0.462 e. The van der Waals surface area contributed by atoms with E-state index in [4.69, 9.17) is 13.9 Å². The highest BCUT2D eigenvalue weighted by atomic mass is 16.6. The van der Waals surface area contributed by atoms with E-state index in [0.29, 0.717) is 11.7 Å². The summed E-state index contributed by atoms with van der Waals surface area (Å²) in [7, 11) is 0. The summed E-state index contributed by atoms with van der Waals surface area (Å²) < 4.78 is 15.3. The molecule has 0 spiro atoms. The van der Waals surface area contributed by atoms with Gasteiger partial charge in [-0.2, -0.15) is 0 Å². The van der Waals surface area contributed by atoms with Gasteiger partial charge in [-0.05, 0) is 38.8 Å². The van der Waals surface area contributed by atoms with Crippen LogP contribution in [0.3, 0.4) is 0 Å². The molecule has 0 saturated heterocycles. The SMILES string of the molecule is CCOC(=O)C(=Cc1ccc(C2CC2)o1)C(=O)OCC. The maximum absolute atomic E-state index is 11.8. The van der Waals surface area contributed by atoms with Crippen molar-refractivity contribution in [2.75, 3.05) is 13.2 Å². The zero-order valence-corrected chi connectivity index (χ0v) is 11.7. The van der Waals surface area contributed by atoms with E-state index < -0.39 is 11.9 Å². The Kier molecular flexibility index (Phi) is 4.61. The summed E-state index contributed by atoms with van der Waals surface area (Å²) in [5, 5.41) is 0. The van der Waals surface area contributed by atoms with E-state index in [1.54, 1.807) is 19.9 Å². The number of furan rings is 1. The molecule has 0 amide bonds. The second-order valence-corrected chi connectivity index (χ2v) is 4.51. The van der Waals surface area contributed by atoms with E-state index in [-0.39, 0.29) is 18.8 Å². The molecule has 0 radical (unpaired) electrons. The van der Waals surface area contributed by atoms with E-state index in [9.17, 15) is 9.59 Å². The zero-order valence-electron chi connectivity index (χ0n) is 11.7. The number of carbonyl (C=O) groups excluding carboxylic acids is 2. The van der Waals surface area contributed by atoms with Crippen LogP contribution in [0.4, 0.5) is 0 Å². The maximum Gasteiger partial charge on any atom is 0.345 e. The number of esters is 2. The largest absolute Gasteiger partial charge is 0.462 e. The number of hydrogen-bond donors (Lipinski definition) is 0. The van der Waals surface area contributed by atoms with Crippen molar-refractivity contribution in [2.24, 2.45) is 0 Å². The molecule has 2 rings (SSSR count). The van der Waals surface area contributed by atoms with Crippen LogP contribution >= 0.6 is 0 Å². The van der Waals surface area contributed by atoms with Gasteiger partial charge in [-0.25, -0.2) is 9.59 Å². The van der Waals surface area contributed by atoms with E-state index in [1.807, 2.05) is 6.07 Å². The molecule has 5 heteroatoms. The van der Waals surface area contributed by atoms with Gasteiger partial charge < -0.3 is 13.9 Å². The molecule has 1 aliphatic rings. The van der Waals surface area contributed by atoms with Crippen molar-refractivity contribution in [3.05, 3.63) is 29.2 Å². The Hall–Kier alpha value is -2.04. The summed E-state index contributed by atoms with van der Waals surface area (Å²) in [5.74, 6) is 0.433. The van der Waals surface area contributed by atoms with Crippen molar-refractivity contribution < 1.29 is 23.5 Å². The molecule has 108 valence electrons. The first-order valence-electron chi connectivity index (χ1n) is 6.81. The van der Waals surface area contributed by atoms with Crippen molar-refractivity contribution in [2.45, 2.75) is 32.6 Å². The van der Waals surface area contributed by atoms with Gasteiger partial charge in [0.25, 0.3) is 0 Å². The lowest BCUT2D eigenvalue weighted by Gasteiger charge is -2.05. The Bertz CT molecular complexity index is 502. The van der Waals surface area contributed by atoms with Crippen LogP contribution in [0, 0.1) is 0 Å². The second kappa shape index (κ2) is 6.41.